The van der Waals surface area contributed by atoms with E-state index in [4.69, 9.17) is 20.9 Å². The summed E-state index contributed by atoms with van der Waals surface area (Å²) in [6.45, 7) is 1.79. The predicted octanol–water partition coefficient (Wildman–Crippen LogP) is 2.63. The summed E-state index contributed by atoms with van der Waals surface area (Å²) in [5.74, 6) is 0.772. The normalized spacial score (nSPS) is 12.2. The number of aryl methyl sites for hydroxylation is 1. The largest absolute Gasteiger partial charge is 0.503 e. The molecule has 4 rings (SSSR count). The van der Waals surface area contributed by atoms with Crippen LogP contribution in [0, 0.1) is 6.92 Å². The van der Waals surface area contributed by atoms with Crippen LogP contribution in [0.25, 0.3) is 22.4 Å². The third-order valence-electron chi connectivity index (χ3n) is 3.76. The van der Waals surface area contributed by atoms with Gasteiger partial charge in [0.25, 0.3) is 5.56 Å². The maximum absolute atomic E-state index is 12.6. The number of aromatic nitrogens is 3. The second-order valence-corrected chi connectivity index (χ2v) is 6.99. The SMILES string of the molecule is COc1cc(C=c2sc3nc(-c4cc(C)on4)cn3c2=O)cc(Cl)c1O. The first-order valence-corrected chi connectivity index (χ1v) is 8.69. The lowest BCUT2D eigenvalue weighted by Gasteiger charge is -2.05. The van der Waals surface area contributed by atoms with E-state index in [9.17, 15) is 9.90 Å². The van der Waals surface area contributed by atoms with Crippen LogP contribution in [0.2, 0.25) is 5.02 Å². The number of fused-ring (bicyclic) bond motifs is 1. The van der Waals surface area contributed by atoms with Gasteiger partial charge in [-0.3, -0.25) is 9.20 Å². The Morgan fingerprint density at radius 2 is 2.15 bits per heavy atom. The van der Waals surface area contributed by atoms with Crippen molar-refractivity contribution in [2.45, 2.75) is 6.92 Å². The summed E-state index contributed by atoms with van der Waals surface area (Å²) in [6.07, 6.45) is 3.31. The number of ether oxygens (including phenoxy) is 1. The summed E-state index contributed by atoms with van der Waals surface area (Å²) in [6, 6.07) is 4.92. The van der Waals surface area contributed by atoms with Gasteiger partial charge in [-0.2, -0.15) is 0 Å². The van der Waals surface area contributed by atoms with E-state index >= 15 is 0 Å². The smallest absolute Gasteiger partial charge is 0.274 e. The summed E-state index contributed by atoms with van der Waals surface area (Å²) in [5.41, 5.74) is 1.59. The quantitative estimate of drug-likeness (QED) is 0.579. The Balaban J connectivity index is 1.82. The van der Waals surface area contributed by atoms with Crippen LogP contribution in [-0.2, 0) is 0 Å². The van der Waals surface area contributed by atoms with Gasteiger partial charge < -0.3 is 14.4 Å². The number of aromatic hydroxyl groups is 1. The number of nitrogens with zero attached hydrogens (tertiary/aromatic N) is 3. The lowest BCUT2D eigenvalue weighted by atomic mass is 10.2. The average molecular weight is 390 g/mol. The van der Waals surface area contributed by atoms with Gasteiger partial charge in [0.05, 0.1) is 16.7 Å². The minimum atomic E-state index is -0.202. The monoisotopic (exact) mass is 389 g/mol. The van der Waals surface area contributed by atoms with E-state index in [1.54, 1.807) is 37.4 Å². The van der Waals surface area contributed by atoms with Crippen molar-refractivity contribution in [1.82, 2.24) is 14.5 Å². The molecule has 0 aliphatic heterocycles. The van der Waals surface area contributed by atoms with Crippen LogP contribution in [0.15, 0.2) is 33.7 Å². The van der Waals surface area contributed by atoms with Crippen molar-refractivity contribution >= 4 is 34.0 Å². The van der Waals surface area contributed by atoms with Crippen molar-refractivity contribution in [3.63, 3.8) is 0 Å². The fraction of sp³-hybridized carbons (Fsp3) is 0.118. The number of hydrogen-bond donors (Lipinski definition) is 1. The van der Waals surface area contributed by atoms with Crippen molar-refractivity contribution in [2.24, 2.45) is 0 Å². The average Bonchev–Trinajstić information content (AvgIpc) is 3.28. The standard InChI is InChI=1S/C17H12ClN3O4S/c1-8-3-11(20-25-8)12-7-21-16(23)14(26-17(21)19-12)6-9-4-10(18)15(22)13(5-9)24-2/h3-7,22H,1-2H3. The molecule has 0 saturated heterocycles. The molecule has 26 heavy (non-hydrogen) atoms. The number of phenolic OH excluding ortho intramolecular Hbond substituents is 1. The van der Waals surface area contributed by atoms with Gasteiger partial charge in [-0.25, -0.2) is 4.98 Å². The van der Waals surface area contributed by atoms with Gasteiger partial charge in [-0.1, -0.05) is 28.1 Å². The third kappa shape index (κ3) is 2.73. The Hall–Kier alpha value is -2.84. The number of hydrogen-bond acceptors (Lipinski definition) is 7. The fourth-order valence-corrected chi connectivity index (χ4v) is 3.70. The Bertz CT molecular complexity index is 1240. The molecular formula is C17H12ClN3O4S. The number of phenols is 1. The molecule has 3 aromatic heterocycles. The molecule has 0 aliphatic rings. The number of halogens is 1. The number of thiazole rings is 1. The van der Waals surface area contributed by atoms with Crippen LogP contribution in [0.5, 0.6) is 11.5 Å². The molecule has 0 unspecified atom stereocenters. The Morgan fingerprint density at radius 3 is 2.81 bits per heavy atom. The highest BCUT2D eigenvalue weighted by atomic mass is 35.5. The van der Waals surface area contributed by atoms with Crippen LogP contribution >= 0.6 is 22.9 Å². The second kappa shape index (κ2) is 6.15. The van der Waals surface area contributed by atoms with Gasteiger partial charge in [-0.15, -0.1) is 0 Å². The van der Waals surface area contributed by atoms with Crippen molar-refractivity contribution in [3.05, 3.63) is 55.6 Å². The van der Waals surface area contributed by atoms with Crippen LogP contribution in [0.1, 0.15) is 11.3 Å². The molecule has 9 heteroatoms. The maximum atomic E-state index is 12.6. The van der Waals surface area contributed by atoms with Crippen LogP contribution in [-0.4, -0.2) is 26.8 Å². The summed E-state index contributed by atoms with van der Waals surface area (Å²) in [4.78, 5) is 17.6. The summed E-state index contributed by atoms with van der Waals surface area (Å²) in [5, 5.41) is 13.9. The molecule has 0 fully saturated rings. The van der Waals surface area contributed by atoms with Crippen molar-refractivity contribution < 1.29 is 14.4 Å². The molecule has 3 heterocycles. The first-order chi connectivity index (χ1) is 12.5. The molecule has 1 aromatic carbocycles. The summed E-state index contributed by atoms with van der Waals surface area (Å²) in [7, 11) is 1.43. The molecular weight excluding hydrogens is 378 g/mol. The molecule has 0 bridgehead atoms. The number of imidazole rings is 1. The first-order valence-electron chi connectivity index (χ1n) is 7.50. The van der Waals surface area contributed by atoms with E-state index < -0.39 is 0 Å². The fourth-order valence-electron chi connectivity index (χ4n) is 2.53. The third-order valence-corrected chi connectivity index (χ3v) is 5.03. The van der Waals surface area contributed by atoms with E-state index in [1.807, 2.05) is 0 Å². The number of benzene rings is 1. The molecule has 0 saturated carbocycles. The van der Waals surface area contributed by atoms with Crippen LogP contribution in [0.3, 0.4) is 0 Å². The zero-order valence-corrected chi connectivity index (χ0v) is 15.3. The lowest BCUT2D eigenvalue weighted by molar-refractivity contribution is 0.373. The van der Waals surface area contributed by atoms with E-state index in [0.29, 0.717) is 32.2 Å². The van der Waals surface area contributed by atoms with Gasteiger partial charge in [0.15, 0.2) is 16.5 Å². The van der Waals surface area contributed by atoms with Gasteiger partial charge in [0, 0.05) is 12.3 Å². The minimum Gasteiger partial charge on any atom is -0.503 e. The first kappa shape index (κ1) is 16.6. The molecule has 4 aromatic rings. The van der Waals surface area contributed by atoms with Crippen LogP contribution in [0.4, 0.5) is 0 Å². The highest BCUT2D eigenvalue weighted by Crippen LogP contribution is 2.35. The molecule has 132 valence electrons. The molecule has 0 aliphatic carbocycles. The molecule has 0 amide bonds. The molecule has 0 atom stereocenters. The lowest BCUT2D eigenvalue weighted by Crippen LogP contribution is -2.22. The van der Waals surface area contributed by atoms with E-state index in [-0.39, 0.29) is 22.1 Å². The van der Waals surface area contributed by atoms with Crippen LogP contribution < -0.4 is 14.8 Å². The van der Waals surface area contributed by atoms with Crippen molar-refractivity contribution in [2.75, 3.05) is 7.11 Å². The zero-order chi connectivity index (χ0) is 18.4. The molecule has 0 radical (unpaired) electrons. The topological polar surface area (TPSA) is 89.9 Å². The van der Waals surface area contributed by atoms with Gasteiger partial charge in [0.2, 0.25) is 0 Å². The molecule has 0 spiro atoms. The molecule has 1 N–H and O–H groups in total. The van der Waals surface area contributed by atoms with E-state index in [2.05, 4.69) is 10.1 Å². The highest BCUT2D eigenvalue weighted by molar-refractivity contribution is 7.15. The Labute approximate surface area is 155 Å². The summed E-state index contributed by atoms with van der Waals surface area (Å²) < 4.78 is 12.1. The molecule has 7 nitrogen and oxygen atoms in total. The number of methoxy groups -OCH3 is 1. The van der Waals surface area contributed by atoms with Crippen molar-refractivity contribution in [1.29, 1.82) is 0 Å². The zero-order valence-electron chi connectivity index (χ0n) is 13.7. The predicted molar refractivity (Wildman–Crippen MR) is 98.0 cm³/mol. The number of rotatable bonds is 3. The maximum Gasteiger partial charge on any atom is 0.274 e. The Kier molecular flexibility index (Phi) is 3.93. The van der Waals surface area contributed by atoms with E-state index in [0.717, 1.165) is 0 Å². The van der Waals surface area contributed by atoms with Gasteiger partial charge in [-0.05, 0) is 30.7 Å². The second-order valence-electron chi connectivity index (χ2n) is 5.57. The van der Waals surface area contributed by atoms with E-state index in [1.165, 1.54) is 22.8 Å². The highest BCUT2D eigenvalue weighted by Gasteiger charge is 2.13. The van der Waals surface area contributed by atoms with Crippen molar-refractivity contribution in [3.8, 4) is 22.9 Å². The Morgan fingerprint density at radius 1 is 1.35 bits per heavy atom. The summed E-state index contributed by atoms with van der Waals surface area (Å²) >= 11 is 7.24. The van der Waals surface area contributed by atoms with Gasteiger partial charge in [0.1, 0.15) is 17.1 Å². The minimum absolute atomic E-state index is 0.137. The van der Waals surface area contributed by atoms with Gasteiger partial charge >= 0.3 is 0 Å².